The molecule has 0 aromatic carbocycles. The predicted octanol–water partition coefficient (Wildman–Crippen LogP) is 2.41. The lowest BCUT2D eigenvalue weighted by Crippen LogP contribution is -2.00. The van der Waals surface area contributed by atoms with E-state index < -0.39 is 5.97 Å². The van der Waals surface area contributed by atoms with Crippen LogP contribution in [0, 0.1) is 6.92 Å². The highest BCUT2D eigenvalue weighted by Crippen LogP contribution is 2.20. The number of carbonyl (C=O) groups is 1. The molecule has 0 saturated carbocycles. The van der Waals surface area contributed by atoms with Gasteiger partial charge in [-0.25, -0.2) is 4.79 Å². The van der Waals surface area contributed by atoms with Crippen molar-refractivity contribution in [3.05, 3.63) is 29.7 Å². The van der Waals surface area contributed by atoms with E-state index in [1.54, 1.807) is 13.0 Å². The molecule has 0 saturated heterocycles. The molecule has 70 valence electrons. The molecule has 1 aromatic rings. The quantitative estimate of drug-likeness (QED) is 0.656. The number of allylic oxidation sites excluding steroid dienone is 1. The Morgan fingerprint density at radius 3 is 2.62 bits per heavy atom. The molecule has 0 N–H and O–H groups in total. The molecule has 0 aliphatic rings. The zero-order valence-corrected chi connectivity index (χ0v) is 8.01. The van der Waals surface area contributed by atoms with Gasteiger partial charge in [0, 0.05) is 5.56 Å². The molecule has 0 aliphatic heterocycles. The smallest absolute Gasteiger partial charge is 0.374 e. The van der Waals surface area contributed by atoms with Crippen molar-refractivity contribution in [3.63, 3.8) is 0 Å². The van der Waals surface area contributed by atoms with Crippen molar-refractivity contribution in [3.8, 4) is 0 Å². The Kier molecular flexibility index (Phi) is 2.56. The Morgan fingerprint density at radius 1 is 1.62 bits per heavy atom. The maximum Gasteiger partial charge on any atom is 0.374 e. The molecule has 13 heavy (non-hydrogen) atoms. The van der Waals surface area contributed by atoms with Crippen molar-refractivity contribution < 1.29 is 13.9 Å². The lowest BCUT2D eigenvalue weighted by Gasteiger charge is -1.95. The fourth-order valence-electron chi connectivity index (χ4n) is 0.988. The van der Waals surface area contributed by atoms with E-state index in [1.807, 2.05) is 6.92 Å². The number of aryl methyl sites for hydroxylation is 1. The van der Waals surface area contributed by atoms with Crippen molar-refractivity contribution >= 4 is 11.5 Å². The molecule has 1 heterocycles. The number of rotatable bonds is 2. The standard InChI is InChI=1S/C10H12O3/c1-6(2)8-5-7(3)9(13-8)10(11)12-4/h5H,1H2,2-4H3. The maximum absolute atomic E-state index is 11.1. The van der Waals surface area contributed by atoms with Crippen LogP contribution in [0.5, 0.6) is 0 Å². The van der Waals surface area contributed by atoms with Crippen molar-refractivity contribution in [1.29, 1.82) is 0 Å². The van der Waals surface area contributed by atoms with Crippen molar-refractivity contribution in [1.82, 2.24) is 0 Å². The number of methoxy groups -OCH3 is 1. The first kappa shape index (κ1) is 9.58. The molecule has 1 aromatic heterocycles. The molecule has 0 amide bonds. The van der Waals surface area contributed by atoms with E-state index in [-0.39, 0.29) is 5.76 Å². The molecule has 3 heteroatoms. The van der Waals surface area contributed by atoms with Crippen LogP contribution in [0.15, 0.2) is 17.1 Å². The minimum absolute atomic E-state index is 0.250. The molecule has 0 spiro atoms. The van der Waals surface area contributed by atoms with Crippen LogP contribution in [-0.4, -0.2) is 13.1 Å². The summed E-state index contributed by atoms with van der Waals surface area (Å²) in [6.07, 6.45) is 0. The van der Waals surface area contributed by atoms with Crippen LogP contribution >= 0.6 is 0 Å². The number of furan rings is 1. The number of hydrogen-bond acceptors (Lipinski definition) is 3. The lowest BCUT2D eigenvalue weighted by atomic mass is 10.2. The first-order valence-electron chi connectivity index (χ1n) is 3.91. The molecule has 0 aliphatic carbocycles. The summed E-state index contributed by atoms with van der Waals surface area (Å²) in [7, 11) is 1.32. The molecule has 0 bridgehead atoms. The van der Waals surface area contributed by atoms with Gasteiger partial charge in [0.15, 0.2) is 0 Å². The predicted molar refractivity (Wildman–Crippen MR) is 49.5 cm³/mol. The number of carbonyl (C=O) groups excluding carboxylic acids is 1. The number of esters is 1. The average Bonchev–Trinajstić information content (AvgIpc) is 2.46. The van der Waals surface area contributed by atoms with Crippen LogP contribution in [-0.2, 0) is 4.74 Å². The van der Waals surface area contributed by atoms with Crippen LogP contribution < -0.4 is 0 Å². The third kappa shape index (κ3) is 1.80. The van der Waals surface area contributed by atoms with E-state index in [9.17, 15) is 4.79 Å². The number of hydrogen-bond donors (Lipinski definition) is 0. The van der Waals surface area contributed by atoms with E-state index in [4.69, 9.17) is 4.42 Å². The van der Waals surface area contributed by atoms with Crippen molar-refractivity contribution in [2.24, 2.45) is 0 Å². The number of ether oxygens (including phenoxy) is 1. The van der Waals surface area contributed by atoms with Gasteiger partial charge in [-0.3, -0.25) is 0 Å². The fraction of sp³-hybridized carbons (Fsp3) is 0.300. The summed E-state index contributed by atoms with van der Waals surface area (Å²) >= 11 is 0. The molecule has 0 radical (unpaired) electrons. The largest absolute Gasteiger partial charge is 0.463 e. The molecule has 3 nitrogen and oxygen atoms in total. The van der Waals surface area contributed by atoms with Gasteiger partial charge in [-0.1, -0.05) is 6.58 Å². The average molecular weight is 180 g/mol. The van der Waals surface area contributed by atoms with Crippen LogP contribution in [0.25, 0.3) is 5.57 Å². The minimum atomic E-state index is -0.454. The van der Waals surface area contributed by atoms with E-state index in [1.165, 1.54) is 7.11 Å². The Labute approximate surface area is 77.0 Å². The van der Waals surface area contributed by atoms with Crippen LogP contribution in [0.4, 0.5) is 0 Å². The maximum atomic E-state index is 11.1. The Morgan fingerprint density at radius 2 is 2.23 bits per heavy atom. The highest BCUT2D eigenvalue weighted by atomic mass is 16.5. The Bertz CT molecular complexity index is 347. The van der Waals surface area contributed by atoms with E-state index >= 15 is 0 Å². The van der Waals surface area contributed by atoms with E-state index in [0.717, 1.165) is 11.1 Å². The lowest BCUT2D eigenvalue weighted by molar-refractivity contribution is 0.0563. The minimum Gasteiger partial charge on any atom is -0.463 e. The third-order valence-electron chi connectivity index (χ3n) is 1.71. The van der Waals surface area contributed by atoms with Gasteiger partial charge in [0.25, 0.3) is 0 Å². The van der Waals surface area contributed by atoms with Crippen LogP contribution in [0.3, 0.4) is 0 Å². The topological polar surface area (TPSA) is 39.4 Å². The van der Waals surface area contributed by atoms with Gasteiger partial charge < -0.3 is 9.15 Å². The van der Waals surface area contributed by atoms with E-state index in [0.29, 0.717) is 5.76 Å². The second kappa shape index (κ2) is 3.47. The van der Waals surface area contributed by atoms with Crippen LogP contribution in [0.2, 0.25) is 0 Å². The van der Waals surface area contributed by atoms with Crippen LogP contribution in [0.1, 0.15) is 28.8 Å². The van der Waals surface area contributed by atoms with Gasteiger partial charge in [-0.2, -0.15) is 0 Å². The normalized spacial score (nSPS) is 9.77. The van der Waals surface area contributed by atoms with Gasteiger partial charge in [0.2, 0.25) is 5.76 Å². The fourth-order valence-corrected chi connectivity index (χ4v) is 0.988. The third-order valence-corrected chi connectivity index (χ3v) is 1.71. The summed E-state index contributed by atoms with van der Waals surface area (Å²) in [5.74, 6) is 0.420. The van der Waals surface area contributed by atoms with Gasteiger partial charge in [-0.05, 0) is 25.5 Å². The molecular weight excluding hydrogens is 168 g/mol. The molecule has 0 fully saturated rings. The van der Waals surface area contributed by atoms with Crippen molar-refractivity contribution in [2.45, 2.75) is 13.8 Å². The summed E-state index contributed by atoms with van der Waals surface area (Å²) < 4.78 is 9.80. The first-order valence-corrected chi connectivity index (χ1v) is 3.91. The summed E-state index contributed by atoms with van der Waals surface area (Å²) in [5.41, 5.74) is 1.56. The second-order valence-corrected chi connectivity index (χ2v) is 2.89. The zero-order chi connectivity index (χ0) is 10.0. The Balaban J connectivity index is 3.10. The summed E-state index contributed by atoms with van der Waals surface area (Å²) in [4.78, 5) is 11.1. The SMILES string of the molecule is C=C(C)c1cc(C)c(C(=O)OC)o1. The van der Waals surface area contributed by atoms with Gasteiger partial charge in [0.05, 0.1) is 7.11 Å². The van der Waals surface area contributed by atoms with Gasteiger partial charge in [-0.15, -0.1) is 0 Å². The highest BCUT2D eigenvalue weighted by Gasteiger charge is 2.15. The molecule has 0 unspecified atom stereocenters. The van der Waals surface area contributed by atoms with Crippen molar-refractivity contribution in [2.75, 3.05) is 7.11 Å². The molecule has 1 rings (SSSR count). The Hall–Kier alpha value is -1.51. The summed E-state index contributed by atoms with van der Waals surface area (Å²) in [6.45, 7) is 7.33. The molecule has 0 atom stereocenters. The monoisotopic (exact) mass is 180 g/mol. The van der Waals surface area contributed by atoms with Gasteiger partial charge in [0.1, 0.15) is 5.76 Å². The van der Waals surface area contributed by atoms with Gasteiger partial charge >= 0.3 is 5.97 Å². The first-order chi connectivity index (χ1) is 6.06. The summed E-state index contributed by atoms with van der Waals surface area (Å²) in [6, 6.07) is 1.77. The zero-order valence-electron chi connectivity index (χ0n) is 8.01. The summed E-state index contributed by atoms with van der Waals surface area (Å²) in [5, 5.41) is 0. The second-order valence-electron chi connectivity index (χ2n) is 2.89. The highest BCUT2D eigenvalue weighted by molar-refractivity contribution is 5.88. The van der Waals surface area contributed by atoms with E-state index in [2.05, 4.69) is 11.3 Å². The molecular formula is C10H12O3.